The van der Waals surface area contributed by atoms with Gasteiger partial charge < -0.3 is 15.2 Å². The van der Waals surface area contributed by atoms with Crippen LogP contribution in [0.3, 0.4) is 0 Å². The molecule has 8 nitrogen and oxygen atoms in total. The Balaban J connectivity index is 0.00000320. The van der Waals surface area contributed by atoms with Gasteiger partial charge in [0, 0.05) is 26.2 Å². The van der Waals surface area contributed by atoms with Crippen LogP contribution in [0, 0.1) is 0 Å². The molecule has 2 heterocycles. The van der Waals surface area contributed by atoms with E-state index in [-0.39, 0.29) is 35.8 Å². The second-order valence-electron chi connectivity index (χ2n) is 7.24. The van der Waals surface area contributed by atoms with Crippen LogP contribution in [0.15, 0.2) is 39.8 Å². The van der Waals surface area contributed by atoms with Crippen molar-refractivity contribution in [3.63, 3.8) is 0 Å². The molecule has 0 bridgehead atoms. The molecule has 3 rings (SSSR count). The number of aromatic nitrogens is 1. The minimum Gasteiger partial charge on any atom is -0.359 e. The standard InChI is InChI=1S/C21H27N5O3.HI/c1-14(2)18-12-15(29-25-18)13-24-21(22-3)23-10-6-7-11-26-19(27)16-8-4-5-9-17(16)20(26)28;/h4-5,8-9,12,14H,6-7,10-11,13H2,1-3H3,(H2,22,23,24);1H. The third-order valence-electron chi connectivity index (χ3n) is 4.80. The maximum Gasteiger partial charge on any atom is 0.261 e. The summed E-state index contributed by atoms with van der Waals surface area (Å²) >= 11 is 0. The van der Waals surface area contributed by atoms with Crippen LogP contribution in [0.25, 0.3) is 0 Å². The first-order chi connectivity index (χ1) is 14.0. The lowest BCUT2D eigenvalue weighted by Gasteiger charge is -2.14. The van der Waals surface area contributed by atoms with E-state index in [2.05, 4.69) is 34.6 Å². The van der Waals surface area contributed by atoms with Crippen molar-refractivity contribution in [1.82, 2.24) is 20.7 Å². The molecule has 2 aromatic rings. The van der Waals surface area contributed by atoms with Crippen molar-refractivity contribution < 1.29 is 14.1 Å². The highest BCUT2D eigenvalue weighted by Crippen LogP contribution is 2.22. The van der Waals surface area contributed by atoms with Crippen molar-refractivity contribution in [2.75, 3.05) is 20.1 Å². The molecule has 0 unspecified atom stereocenters. The van der Waals surface area contributed by atoms with Crippen LogP contribution in [0.5, 0.6) is 0 Å². The van der Waals surface area contributed by atoms with Crippen molar-refractivity contribution >= 4 is 41.8 Å². The van der Waals surface area contributed by atoms with Crippen molar-refractivity contribution in [3.05, 3.63) is 52.9 Å². The number of imide groups is 1. The number of hydrogen-bond donors (Lipinski definition) is 2. The van der Waals surface area contributed by atoms with Crippen molar-refractivity contribution in [2.45, 2.75) is 39.2 Å². The molecule has 2 N–H and O–H groups in total. The average molecular weight is 525 g/mol. The lowest BCUT2D eigenvalue weighted by Crippen LogP contribution is -2.37. The number of benzene rings is 1. The van der Waals surface area contributed by atoms with Gasteiger partial charge in [0.15, 0.2) is 11.7 Å². The molecule has 9 heteroatoms. The Hall–Kier alpha value is -2.43. The number of nitrogens with one attached hydrogen (secondary N) is 2. The zero-order chi connectivity index (χ0) is 20.8. The molecule has 1 aromatic heterocycles. The highest BCUT2D eigenvalue weighted by Gasteiger charge is 2.34. The second-order valence-corrected chi connectivity index (χ2v) is 7.24. The molecule has 2 amide bonds. The summed E-state index contributed by atoms with van der Waals surface area (Å²) < 4.78 is 5.30. The SMILES string of the molecule is CN=C(NCCCCN1C(=O)c2ccccc2C1=O)NCc1cc(C(C)C)no1.I. The number of aliphatic imine (C=N–C) groups is 1. The van der Waals surface area contributed by atoms with Gasteiger partial charge in [-0.1, -0.05) is 31.1 Å². The van der Waals surface area contributed by atoms with Gasteiger partial charge >= 0.3 is 0 Å². The predicted octanol–water partition coefficient (Wildman–Crippen LogP) is 3.16. The van der Waals surface area contributed by atoms with E-state index in [1.165, 1.54) is 4.90 Å². The Morgan fingerprint density at radius 2 is 1.80 bits per heavy atom. The predicted molar refractivity (Wildman–Crippen MR) is 125 cm³/mol. The zero-order valence-corrected chi connectivity index (χ0v) is 19.8. The van der Waals surface area contributed by atoms with E-state index in [9.17, 15) is 9.59 Å². The van der Waals surface area contributed by atoms with Crippen molar-refractivity contribution in [2.24, 2.45) is 4.99 Å². The van der Waals surface area contributed by atoms with Crippen LogP contribution >= 0.6 is 24.0 Å². The topological polar surface area (TPSA) is 99.8 Å². The second kappa shape index (κ2) is 11.1. The monoisotopic (exact) mass is 525 g/mol. The highest BCUT2D eigenvalue weighted by atomic mass is 127. The maximum atomic E-state index is 12.3. The minimum atomic E-state index is -0.205. The number of unbranched alkanes of at least 4 members (excludes halogenated alkanes) is 1. The molecule has 0 spiro atoms. The Morgan fingerprint density at radius 1 is 1.13 bits per heavy atom. The number of hydrogen-bond acceptors (Lipinski definition) is 5. The number of nitrogens with zero attached hydrogens (tertiary/aromatic N) is 3. The van der Waals surface area contributed by atoms with Crippen LogP contribution < -0.4 is 10.6 Å². The van der Waals surface area contributed by atoms with E-state index in [1.807, 2.05) is 6.07 Å². The normalized spacial score (nSPS) is 13.5. The summed E-state index contributed by atoms with van der Waals surface area (Å²) in [5, 5.41) is 10.4. The van der Waals surface area contributed by atoms with Gasteiger partial charge in [0.1, 0.15) is 0 Å². The quantitative estimate of drug-likeness (QED) is 0.181. The smallest absolute Gasteiger partial charge is 0.261 e. The molecule has 0 radical (unpaired) electrons. The summed E-state index contributed by atoms with van der Waals surface area (Å²) in [6.45, 7) is 5.72. The summed E-state index contributed by atoms with van der Waals surface area (Å²) in [6, 6.07) is 8.89. The Kier molecular flexibility index (Phi) is 8.82. The van der Waals surface area contributed by atoms with E-state index in [0.29, 0.717) is 42.6 Å². The molecular weight excluding hydrogens is 497 g/mol. The molecule has 0 saturated carbocycles. The van der Waals surface area contributed by atoms with Crippen LogP contribution in [0.4, 0.5) is 0 Å². The Morgan fingerprint density at radius 3 is 2.37 bits per heavy atom. The summed E-state index contributed by atoms with van der Waals surface area (Å²) in [4.78, 5) is 30.2. The minimum absolute atomic E-state index is 0. The number of guanidine groups is 1. The third kappa shape index (κ3) is 5.59. The molecular formula is C21H28IN5O3. The number of amides is 2. The Labute approximate surface area is 193 Å². The lowest BCUT2D eigenvalue weighted by molar-refractivity contribution is 0.0652. The van der Waals surface area contributed by atoms with E-state index in [0.717, 1.165) is 24.3 Å². The van der Waals surface area contributed by atoms with E-state index in [4.69, 9.17) is 4.52 Å². The largest absolute Gasteiger partial charge is 0.359 e. The van der Waals surface area contributed by atoms with Gasteiger partial charge in [-0.3, -0.25) is 19.5 Å². The first kappa shape index (κ1) is 23.8. The maximum absolute atomic E-state index is 12.3. The van der Waals surface area contributed by atoms with E-state index < -0.39 is 0 Å². The van der Waals surface area contributed by atoms with Gasteiger partial charge in [0.25, 0.3) is 11.8 Å². The van der Waals surface area contributed by atoms with Gasteiger partial charge in [-0.15, -0.1) is 24.0 Å². The first-order valence-electron chi connectivity index (χ1n) is 9.86. The fourth-order valence-corrected chi connectivity index (χ4v) is 3.12. The van der Waals surface area contributed by atoms with Crippen LogP contribution in [0.1, 0.15) is 64.8 Å². The zero-order valence-electron chi connectivity index (χ0n) is 17.5. The summed E-state index contributed by atoms with van der Waals surface area (Å²) in [6.07, 6.45) is 1.52. The molecule has 0 fully saturated rings. The van der Waals surface area contributed by atoms with Crippen LogP contribution in [0.2, 0.25) is 0 Å². The van der Waals surface area contributed by atoms with Gasteiger partial charge in [-0.25, -0.2) is 0 Å². The molecule has 30 heavy (non-hydrogen) atoms. The van der Waals surface area contributed by atoms with Crippen molar-refractivity contribution in [1.29, 1.82) is 0 Å². The highest BCUT2D eigenvalue weighted by molar-refractivity contribution is 14.0. The Bertz CT molecular complexity index is 875. The molecule has 1 aliphatic rings. The van der Waals surface area contributed by atoms with Gasteiger partial charge in [0.05, 0.1) is 23.4 Å². The molecule has 162 valence electrons. The number of halogens is 1. The number of carbonyl (C=O) groups excluding carboxylic acids is 2. The van der Waals surface area contributed by atoms with Crippen molar-refractivity contribution in [3.8, 4) is 0 Å². The first-order valence-corrected chi connectivity index (χ1v) is 9.86. The average Bonchev–Trinajstić information content (AvgIpc) is 3.29. The summed E-state index contributed by atoms with van der Waals surface area (Å²) in [5.74, 6) is 1.33. The summed E-state index contributed by atoms with van der Waals surface area (Å²) in [7, 11) is 1.70. The van der Waals surface area contributed by atoms with E-state index in [1.54, 1.807) is 31.3 Å². The van der Waals surface area contributed by atoms with Crippen LogP contribution in [-0.4, -0.2) is 48.0 Å². The van der Waals surface area contributed by atoms with Gasteiger partial charge in [-0.05, 0) is 30.9 Å². The lowest BCUT2D eigenvalue weighted by atomic mass is 10.1. The fourth-order valence-electron chi connectivity index (χ4n) is 3.12. The number of rotatable bonds is 8. The third-order valence-corrected chi connectivity index (χ3v) is 4.80. The molecule has 1 aromatic carbocycles. The van der Waals surface area contributed by atoms with E-state index >= 15 is 0 Å². The summed E-state index contributed by atoms with van der Waals surface area (Å²) in [5.41, 5.74) is 1.92. The van der Waals surface area contributed by atoms with Crippen LogP contribution in [-0.2, 0) is 6.54 Å². The van der Waals surface area contributed by atoms with Gasteiger partial charge in [0.2, 0.25) is 0 Å². The molecule has 0 atom stereocenters. The van der Waals surface area contributed by atoms with Gasteiger partial charge in [-0.2, -0.15) is 0 Å². The molecule has 1 aliphatic heterocycles. The molecule has 0 aliphatic carbocycles. The number of carbonyl (C=O) groups is 2. The molecule has 0 saturated heterocycles. The number of fused-ring (bicyclic) bond motifs is 1. The fraction of sp³-hybridized carbons (Fsp3) is 0.429.